The largest absolute Gasteiger partial charge is 0.314 e. The molecule has 1 aliphatic heterocycles. The first-order valence-corrected chi connectivity index (χ1v) is 8.38. The lowest BCUT2D eigenvalue weighted by Gasteiger charge is -2.37. The molecule has 1 fully saturated rings. The minimum Gasteiger partial charge on any atom is -0.314 e. The molecule has 19 heavy (non-hydrogen) atoms. The van der Waals surface area contributed by atoms with E-state index < -0.39 is 0 Å². The van der Waals surface area contributed by atoms with Gasteiger partial charge in [0.15, 0.2) is 0 Å². The van der Waals surface area contributed by atoms with Gasteiger partial charge in [0.25, 0.3) is 0 Å². The van der Waals surface area contributed by atoms with Crippen LogP contribution in [0.1, 0.15) is 60.8 Å². The van der Waals surface area contributed by atoms with Crippen molar-refractivity contribution in [1.82, 2.24) is 10.2 Å². The second-order valence-electron chi connectivity index (χ2n) is 7.27. The maximum absolute atomic E-state index is 3.67. The Labute approximate surface area is 121 Å². The fourth-order valence-electron chi connectivity index (χ4n) is 3.22. The standard InChI is InChI=1S/C17H36N2/c1-7-17(8-2,12-18-15(5)6)13-19-10-9-16(11-19)14(3)4/h14-16,18H,7-13H2,1-6H3. The van der Waals surface area contributed by atoms with Gasteiger partial charge in [0.1, 0.15) is 0 Å². The van der Waals surface area contributed by atoms with E-state index in [9.17, 15) is 0 Å². The first-order chi connectivity index (χ1) is 8.92. The molecule has 114 valence electrons. The van der Waals surface area contributed by atoms with Crippen LogP contribution < -0.4 is 5.32 Å². The number of nitrogens with one attached hydrogen (secondary N) is 1. The molecule has 1 unspecified atom stereocenters. The highest BCUT2D eigenvalue weighted by Crippen LogP contribution is 2.31. The minimum absolute atomic E-state index is 0.468. The fraction of sp³-hybridized carbons (Fsp3) is 1.00. The predicted octanol–water partition coefficient (Wildman–Crippen LogP) is 3.77. The molecule has 1 atom stereocenters. The highest BCUT2D eigenvalue weighted by Gasteiger charge is 2.32. The van der Waals surface area contributed by atoms with Gasteiger partial charge in [-0.15, -0.1) is 0 Å². The molecule has 2 nitrogen and oxygen atoms in total. The molecule has 1 N–H and O–H groups in total. The molecular formula is C17H36N2. The van der Waals surface area contributed by atoms with Gasteiger partial charge in [-0.1, -0.05) is 41.5 Å². The maximum atomic E-state index is 3.67. The summed E-state index contributed by atoms with van der Waals surface area (Å²) in [7, 11) is 0. The smallest absolute Gasteiger partial charge is 0.00501 e. The summed E-state index contributed by atoms with van der Waals surface area (Å²) in [5.74, 6) is 1.76. The molecule has 1 saturated heterocycles. The number of nitrogens with zero attached hydrogens (tertiary/aromatic N) is 1. The summed E-state index contributed by atoms with van der Waals surface area (Å²) in [4.78, 5) is 2.72. The zero-order valence-corrected chi connectivity index (χ0v) is 14.1. The van der Waals surface area contributed by atoms with E-state index in [0.717, 1.165) is 11.8 Å². The monoisotopic (exact) mass is 268 g/mol. The molecule has 0 aromatic rings. The number of likely N-dealkylation sites (tertiary alicyclic amines) is 1. The van der Waals surface area contributed by atoms with E-state index in [2.05, 4.69) is 51.8 Å². The SMILES string of the molecule is CCC(CC)(CNC(C)C)CN1CCC(C(C)C)C1. The van der Waals surface area contributed by atoms with Crippen LogP contribution in [0, 0.1) is 17.3 Å². The topological polar surface area (TPSA) is 15.3 Å². The lowest BCUT2D eigenvalue weighted by Crippen LogP contribution is -2.44. The van der Waals surface area contributed by atoms with Crippen LogP contribution >= 0.6 is 0 Å². The summed E-state index contributed by atoms with van der Waals surface area (Å²) in [6.45, 7) is 19.1. The number of rotatable bonds is 8. The van der Waals surface area contributed by atoms with Crippen molar-refractivity contribution in [3.8, 4) is 0 Å². The van der Waals surface area contributed by atoms with E-state index in [1.807, 2.05) is 0 Å². The van der Waals surface area contributed by atoms with Gasteiger partial charge < -0.3 is 10.2 Å². The molecule has 0 aromatic carbocycles. The van der Waals surface area contributed by atoms with Crippen LogP contribution in [0.5, 0.6) is 0 Å². The van der Waals surface area contributed by atoms with Gasteiger partial charge in [0.2, 0.25) is 0 Å². The lowest BCUT2D eigenvalue weighted by molar-refractivity contribution is 0.146. The summed E-state index contributed by atoms with van der Waals surface area (Å²) in [5.41, 5.74) is 0.468. The second-order valence-corrected chi connectivity index (χ2v) is 7.27. The van der Waals surface area contributed by atoms with Gasteiger partial charge >= 0.3 is 0 Å². The molecular weight excluding hydrogens is 232 g/mol. The maximum Gasteiger partial charge on any atom is 0.00501 e. The average Bonchev–Trinajstić information content (AvgIpc) is 2.83. The van der Waals surface area contributed by atoms with Crippen molar-refractivity contribution in [3.63, 3.8) is 0 Å². The number of hydrogen-bond donors (Lipinski definition) is 1. The van der Waals surface area contributed by atoms with Crippen LogP contribution in [0.25, 0.3) is 0 Å². The van der Waals surface area contributed by atoms with Crippen molar-refractivity contribution < 1.29 is 0 Å². The average molecular weight is 268 g/mol. The Bertz CT molecular complexity index is 244. The molecule has 0 radical (unpaired) electrons. The van der Waals surface area contributed by atoms with Gasteiger partial charge in [-0.25, -0.2) is 0 Å². The molecule has 0 saturated carbocycles. The normalized spacial score (nSPS) is 21.8. The van der Waals surface area contributed by atoms with Crippen molar-refractivity contribution in [3.05, 3.63) is 0 Å². The molecule has 0 aliphatic carbocycles. The predicted molar refractivity (Wildman–Crippen MR) is 85.5 cm³/mol. The quantitative estimate of drug-likeness (QED) is 0.721. The Morgan fingerprint density at radius 1 is 1.16 bits per heavy atom. The summed E-state index contributed by atoms with van der Waals surface area (Å²) in [6, 6.07) is 0.597. The van der Waals surface area contributed by atoms with E-state index in [1.54, 1.807) is 0 Å². The van der Waals surface area contributed by atoms with E-state index >= 15 is 0 Å². The van der Waals surface area contributed by atoms with Crippen LogP contribution in [0.2, 0.25) is 0 Å². The van der Waals surface area contributed by atoms with Crippen LogP contribution in [0.15, 0.2) is 0 Å². The molecule has 0 amide bonds. The van der Waals surface area contributed by atoms with Crippen LogP contribution in [0.4, 0.5) is 0 Å². The fourth-order valence-corrected chi connectivity index (χ4v) is 3.22. The second kappa shape index (κ2) is 7.64. The van der Waals surface area contributed by atoms with Gasteiger partial charge in [-0.05, 0) is 43.1 Å². The molecule has 0 spiro atoms. The minimum atomic E-state index is 0.468. The zero-order chi connectivity index (χ0) is 14.5. The van der Waals surface area contributed by atoms with Crippen molar-refractivity contribution >= 4 is 0 Å². The Hall–Kier alpha value is -0.0800. The van der Waals surface area contributed by atoms with Crippen LogP contribution in [-0.2, 0) is 0 Å². The van der Waals surface area contributed by atoms with Crippen molar-refractivity contribution in [1.29, 1.82) is 0 Å². The molecule has 1 aliphatic rings. The third-order valence-corrected chi connectivity index (χ3v) is 5.20. The van der Waals surface area contributed by atoms with Gasteiger partial charge in [0, 0.05) is 25.7 Å². The molecule has 0 bridgehead atoms. The van der Waals surface area contributed by atoms with E-state index in [4.69, 9.17) is 0 Å². The third-order valence-electron chi connectivity index (χ3n) is 5.20. The molecule has 1 rings (SSSR count). The van der Waals surface area contributed by atoms with Crippen LogP contribution in [0.3, 0.4) is 0 Å². The van der Waals surface area contributed by atoms with Crippen molar-refractivity contribution in [2.24, 2.45) is 17.3 Å². The Morgan fingerprint density at radius 2 is 1.79 bits per heavy atom. The highest BCUT2D eigenvalue weighted by molar-refractivity contribution is 4.87. The Morgan fingerprint density at radius 3 is 2.21 bits per heavy atom. The Kier molecular flexibility index (Phi) is 6.82. The lowest BCUT2D eigenvalue weighted by atomic mass is 9.81. The third kappa shape index (κ3) is 5.07. The molecule has 0 aromatic heterocycles. The first-order valence-electron chi connectivity index (χ1n) is 8.38. The summed E-state index contributed by atoms with van der Waals surface area (Å²) >= 11 is 0. The van der Waals surface area contributed by atoms with E-state index in [-0.39, 0.29) is 0 Å². The first kappa shape index (κ1) is 17.0. The van der Waals surface area contributed by atoms with Gasteiger partial charge in [0.05, 0.1) is 0 Å². The van der Waals surface area contributed by atoms with E-state index in [1.165, 1.54) is 45.4 Å². The summed E-state index contributed by atoms with van der Waals surface area (Å²) in [6.07, 6.45) is 3.97. The van der Waals surface area contributed by atoms with Crippen molar-refractivity contribution in [2.45, 2.75) is 66.8 Å². The van der Waals surface area contributed by atoms with Crippen molar-refractivity contribution in [2.75, 3.05) is 26.2 Å². The van der Waals surface area contributed by atoms with Gasteiger partial charge in [-0.3, -0.25) is 0 Å². The van der Waals surface area contributed by atoms with Crippen LogP contribution in [-0.4, -0.2) is 37.1 Å². The summed E-state index contributed by atoms with van der Waals surface area (Å²) < 4.78 is 0. The Balaban J connectivity index is 2.53. The highest BCUT2D eigenvalue weighted by atomic mass is 15.2. The summed E-state index contributed by atoms with van der Waals surface area (Å²) in [5, 5.41) is 3.67. The van der Waals surface area contributed by atoms with Gasteiger partial charge in [-0.2, -0.15) is 0 Å². The molecule has 1 heterocycles. The number of hydrogen-bond acceptors (Lipinski definition) is 2. The zero-order valence-electron chi connectivity index (χ0n) is 14.1. The molecule has 2 heteroatoms. The van der Waals surface area contributed by atoms with E-state index in [0.29, 0.717) is 11.5 Å².